The minimum atomic E-state index is -0.350. The molecule has 0 aromatic heterocycles. The summed E-state index contributed by atoms with van der Waals surface area (Å²) in [5.41, 5.74) is 1.94. The molecule has 0 radical (unpaired) electrons. The number of hydrogen-bond acceptors (Lipinski definition) is 3. The van der Waals surface area contributed by atoms with Crippen LogP contribution in [0.25, 0.3) is 0 Å². The minimum absolute atomic E-state index is 0.247. The van der Waals surface area contributed by atoms with Gasteiger partial charge in [0.15, 0.2) is 5.96 Å². The van der Waals surface area contributed by atoms with Gasteiger partial charge in [-0.2, -0.15) is 5.26 Å². The van der Waals surface area contributed by atoms with Crippen LogP contribution in [0.1, 0.15) is 16.7 Å². The lowest BCUT2D eigenvalue weighted by Gasteiger charge is -2.22. The van der Waals surface area contributed by atoms with Crippen LogP contribution < -0.4 is 10.1 Å². The van der Waals surface area contributed by atoms with E-state index in [1.54, 1.807) is 7.05 Å². The minimum Gasteiger partial charge on any atom is -0.491 e. The van der Waals surface area contributed by atoms with Crippen molar-refractivity contribution in [1.29, 1.82) is 5.26 Å². The number of nitriles is 1. The molecule has 0 aliphatic rings. The van der Waals surface area contributed by atoms with Gasteiger partial charge in [0.2, 0.25) is 0 Å². The summed E-state index contributed by atoms with van der Waals surface area (Å²) in [5, 5.41) is 12.0. The van der Waals surface area contributed by atoms with Crippen molar-refractivity contribution in [3.63, 3.8) is 0 Å². The summed E-state index contributed by atoms with van der Waals surface area (Å²) in [6.45, 7) is 3.37. The predicted octanol–water partition coefficient (Wildman–Crippen LogP) is 3.09. The Morgan fingerprint density at radius 1 is 1.31 bits per heavy atom. The van der Waals surface area contributed by atoms with Gasteiger partial charge in [-0.05, 0) is 36.8 Å². The topological polar surface area (TPSA) is 60.7 Å². The van der Waals surface area contributed by atoms with E-state index in [1.165, 1.54) is 18.2 Å². The third-order valence-electron chi connectivity index (χ3n) is 3.96. The number of guanidine groups is 1. The predicted molar refractivity (Wildman–Crippen MR) is 101 cm³/mol. The Bertz CT molecular complexity index is 814. The van der Waals surface area contributed by atoms with Gasteiger partial charge in [0.1, 0.15) is 18.2 Å². The molecular weight excluding hydrogens is 331 g/mol. The van der Waals surface area contributed by atoms with Crippen molar-refractivity contribution < 1.29 is 9.13 Å². The number of ether oxygens (including phenoxy) is 1. The Labute approximate surface area is 153 Å². The lowest BCUT2D eigenvalue weighted by atomic mass is 10.1. The van der Waals surface area contributed by atoms with E-state index in [-0.39, 0.29) is 12.4 Å². The van der Waals surface area contributed by atoms with Gasteiger partial charge >= 0.3 is 0 Å². The average Bonchev–Trinajstić information content (AvgIpc) is 2.65. The molecule has 6 heteroatoms. The van der Waals surface area contributed by atoms with Gasteiger partial charge in [-0.25, -0.2) is 4.39 Å². The molecule has 0 bridgehead atoms. The molecule has 2 aromatic carbocycles. The Hall–Kier alpha value is -3.07. The highest BCUT2D eigenvalue weighted by Crippen LogP contribution is 2.15. The normalized spacial score (nSPS) is 11.0. The summed E-state index contributed by atoms with van der Waals surface area (Å²) in [5.74, 6) is 1.14. The number of hydrogen-bond donors (Lipinski definition) is 1. The van der Waals surface area contributed by atoms with E-state index >= 15 is 0 Å². The van der Waals surface area contributed by atoms with Gasteiger partial charge in [-0.15, -0.1) is 0 Å². The molecule has 0 spiro atoms. The Morgan fingerprint density at radius 2 is 2.08 bits per heavy atom. The quantitative estimate of drug-likeness (QED) is 0.640. The highest BCUT2D eigenvalue weighted by molar-refractivity contribution is 5.79. The third-order valence-corrected chi connectivity index (χ3v) is 3.96. The zero-order valence-electron chi connectivity index (χ0n) is 15.3. The molecule has 0 aliphatic carbocycles. The van der Waals surface area contributed by atoms with Crippen LogP contribution in [0.5, 0.6) is 5.75 Å². The van der Waals surface area contributed by atoms with E-state index in [2.05, 4.69) is 10.3 Å². The maximum Gasteiger partial charge on any atom is 0.193 e. The van der Waals surface area contributed by atoms with E-state index in [0.717, 1.165) is 11.3 Å². The zero-order chi connectivity index (χ0) is 18.9. The largest absolute Gasteiger partial charge is 0.491 e. The number of aliphatic imine (C=N–C) groups is 1. The Balaban J connectivity index is 1.88. The molecule has 2 rings (SSSR count). The highest BCUT2D eigenvalue weighted by atomic mass is 19.1. The molecule has 5 nitrogen and oxygen atoms in total. The monoisotopic (exact) mass is 354 g/mol. The second-order valence-corrected chi connectivity index (χ2v) is 5.85. The molecule has 136 valence electrons. The number of para-hydroxylation sites is 1. The summed E-state index contributed by atoms with van der Waals surface area (Å²) in [6, 6.07) is 14.2. The molecule has 1 N–H and O–H groups in total. The lowest BCUT2D eigenvalue weighted by Crippen LogP contribution is -2.40. The van der Waals surface area contributed by atoms with E-state index in [9.17, 15) is 4.39 Å². The van der Waals surface area contributed by atoms with E-state index in [1.807, 2.05) is 49.2 Å². The van der Waals surface area contributed by atoms with Crippen LogP contribution >= 0.6 is 0 Å². The molecule has 26 heavy (non-hydrogen) atoms. The standard InChI is InChI=1S/C20H23FN4O/c1-15-6-4-5-7-19(15)26-11-10-25(3)20(23-2)24-14-17-12-16(13-22)8-9-18(17)21/h4-9,12H,10-11,14H2,1-3H3,(H,23,24). The number of nitrogens with zero attached hydrogens (tertiary/aromatic N) is 3. The summed E-state index contributed by atoms with van der Waals surface area (Å²) in [6.07, 6.45) is 0. The Morgan fingerprint density at radius 3 is 2.77 bits per heavy atom. The van der Waals surface area contributed by atoms with Gasteiger partial charge in [-0.1, -0.05) is 18.2 Å². The molecule has 0 aliphatic heterocycles. The second-order valence-electron chi connectivity index (χ2n) is 5.85. The number of halogens is 1. The van der Waals surface area contributed by atoms with Crippen molar-refractivity contribution in [2.24, 2.45) is 4.99 Å². The maximum absolute atomic E-state index is 13.9. The second kappa shape index (κ2) is 9.42. The van der Waals surface area contributed by atoms with E-state index in [4.69, 9.17) is 10.00 Å². The summed E-state index contributed by atoms with van der Waals surface area (Å²) >= 11 is 0. The molecule has 0 fully saturated rings. The van der Waals surface area contributed by atoms with Gasteiger partial charge in [0.25, 0.3) is 0 Å². The zero-order valence-corrected chi connectivity index (χ0v) is 15.3. The van der Waals surface area contributed by atoms with Crippen LogP contribution in [0.2, 0.25) is 0 Å². The molecule has 0 atom stereocenters. The van der Waals surface area contributed by atoms with Gasteiger partial charge in [-0.3, -0.25) is 4.99 Å². The van der Waals surface area contributed by atoms with Gasteiger partial charge < -0.3 is 15.0 Å². The lowest BCUT2D eigenvalue weighted by molar-refractivity contribution is 0.280. The number of nitrogens with one attached hydrogen (secondary N) is 1. The van der Waals surface area contributed by atoms with Crippen molar-refractivity contribution in [1.82, 2.24) is 10.2 Å². The highest BCUT2D eigenvalue weighted by Gasteiger charge is 2.09. The average molecular weight is 354 g/mol. The first-order valence-corrected chi connectivity index (χ1v) is 8.34. The van der Waals surface area contributed by atoms with Gasteiger partial charge in [0.05, 0.1) is 18.2 Å². The summed E-state index contributed by atoms with van der Waals surface area (Å²) in [7, 11) is 3.56. The van der Waals surface area contributed by atoms with Crippen LogP contribution in [0.3, 0.4) is 0 Å². The molecule has 0 saturated heterocycles. The molecule has 0 heterocycles. The molecule has 0 amide bonds. The first-order valence-electron chi connectivity index (χ1n) is 8.34. The summed E-state index contributed by atoms with van der Waals surface area (Å²) in [4.78, 5) is 6.11. The number of likely N-dealkylation sites (N-methyl/N-ethyl adjacent to an activating group) is 1. The van der Waals surface area contributed by atoms with Gasteiger partial charge in [0, 0.05) is 26.2 Å². The molecule has 0 unspecified atom stereocenters. The number of aryl methyl sites for hydroxylation is 1. The first-order chi connectivity index (χ1) is 12.5. The van der Waals surface area contributed by atoms with E-state index in [0.29, 0.717) is 30.2 Å². The summed E-state index contributed by atoms with van der Waals surface area (Å²) < 4.78 is 19.7. The fourth-order valence-electron chi connectivity index (χ4n) is 2.46. The van der Waals surface area contributed by atoms with Crippen molar-refractivity contribution in [2.45, 2.75) is 13.5 Å². The number of rotatable bonds is 6. The molecule has 2 aromatic rings. The first kappa shape index (κ1) is 19.3. The van der Waals surface area contributed by atoms with Crippen LogP contribution in [0.15, 0.2) is 47.5 Å². The van der Waals surface area contributed by atoms with Crippen molar-refractivity contribution in [2.75, 3.05) is 27.2 Å². The maximum atomic E-state index is 13.9. The molecular formula is C20H23FN4O. The number of benzene rings is 2. The van der Waals surface area contributed by atoms with Crippen LogP contribution in [0.4, 0.5) is 4.39 Å². The van der Waals surface area contributed by atoms with Crippen LogP contribution in [0, 0.1) is 24.1 Å². The molecule has 0 saturated carbocycles. The SMILES string of the molecule is CN=C(NCc1cc(C#N)ccc1F)N(C)CCOc1ccccc1C. The van der Waals surface area contributed by atoms with Crippen molar-refractivity contribution in [3.05, 3.63) is 65.0 Å². The smallest absolute Gasteiger partial charge is 0.193 e. The van der Waals surface area contributed by atoms with Crippen LogP contribution in [-0.4, -0.2) is 38.1 Å². The van der Waals surface area contributed by atoms with E-state index < -0.39 is 0 Å². The van der Waals surface area contributed by atoms with Crippen molar-refractivity contribution >= 4 is 5.96 Å². The Kier molecular flexibility index (Phi) is 6.98. The van der Waals surface area contributed by atoms with Crippen molar-refractivity contribution in [3.8, 4) is 11.8 Å². The fraction of sp³-hybridized carbons (Fsp3) is 0.300. The van der Waals surface area contributed by atoms with Crippen LogP contribution in [-0.2, 0) is 6.54 Å². The fourth-order valence-corrected chi connectivity index (χ4v) is 2.46. The third kappa shape index (κ3) is 5.21.